The maximum Gasteiger partial charge on any atom is 0.148 e. The summed E-state index contributed by atoms with van der Waals surface area (Å²) in [6.45, 7) is 0. The van der Waals surface area contributed by atoms with E-state index in [1.165, 1.54) is 25.7 Å². The van der Waals surface area contributed by atoms with Crippen molar-refractivity contribution in [3.05, 3.63) is 20.6 Å². The van der Waals surface area contributed by atoms with Crippen molar-refractivity contribution in [3.8, 4) is 0 Å². The van der Waals surface area contributed by atoms with E-state index in [0.717, 1.165) is 17.7 Å². The minimum atomic E-state index is 0.428. The molecular formula is C11H11BrCl2N2. The number of hydrogen-bond acceptors (Lipinski definition) is 2. The van der Waals surface area contributed by atoms with Crippen LogP contribution < -0.4 is 0 Å². The van der Waals surface area contributed by atoms with Crippen LogP contribution in [0.3, 0.4) is 0 Å². The summed E-state index contributed by atoms with van der Waals surface area (Å²) in [4.78, 5) is 8.71. The van der Waals surface area contributed by atoms with Crippen LogP contribution in [0.4, 0.5) is 0 Å². The van der Waals surface area contributed by atoms with Crippen molar-refractivity contribution in [2.45, 2.75) is 31.6 Å². The van der Waals surface area contributed by atoms with Gasteiger partial charge in [0.1, 0.15) is 16.1 Å². The number of aromatic nitrogens is 2. The molecule has 1 aromatic rings. The summed E-state index contributed by atoms with van der Waals surface area (Å²) in [5.41, 5.74) is 0. The van der Waals surface area contributed by atoms with E-state index in [1.807, 2.05) is 0 Å². The first-order valence-electron chi connectivity index (χ1n) is 5.53. The van der Waals surface area contributed by atoms with Gasteiger partial charge in [-0.2, -0.15) is 0 Å². The van der Waals surface area contributed by atoms with E-state index in [9.17, 15) is 0 Å². The fraction of sp³-hybridized carbons (Fsp3) is 0.636. The Balaban J connectivity index is 1.95. The largest absolute Gasteiger partial charge is 0.220 e. The molecule has 1 heterocycles. The minimum absolute atomic E-state index is 0.428. The predicted molar refractivity (Wildman–Crippen MR) is 67.9 cm³/mol. The molecule has 2 nitrogen and oxygen atoms in total. The van der Waals surface area contributed by atoms with Gasteiger partial charge in [-0.1, -0.05) is 29.6 Å². The molecule has 16 heavy (non-hydrogen) atoms. The van der Waals surface area contributed by atoms with E-state index in [0.29, 0.717) is 20.7 Å². The maximum absolute atomic E-state index is 6.02. The Morgan fingerprint density at radius 1 is 1.06 bits per heavy atom. The molecule has 1 aromatic heterocycles. The van der Waals surface area contributed by atoms with Crippen LogP contribution in [-0.2, 0) is 0 Å². The number of rotatable bonds is 1. The van der Waals surface area contributed by atoms with Crippen LogP contribution in [-0.4, -0.2) is 9.97 Å². The second-order valence-corrected chi connectivity index (χ2v) is 6.27. The first kappa shape index (κ1) is 11.2. The highest BCUT2D eigenvalue weighted by Crippen LogP contribution is 2.52. The zero-order chi connectivity index (χ0) is 11.3. The number of nitrogens with zero attached hydrogens (tertiary/aromatic N) is 2. The third-order valence-corrected chi connectivity index (χ3v) is 5.61. The van der Waals surface area contributed by atoms with Crippen LogP contribution in [0, 0.1) is 11.8 Å². The summed E-state index contributed by atoms with van der Waals surface area (Å²) in [7, 11) is 0. The summed E-state index contributed by atoms with van der Waals surface area (Å²) in [5.74, 6) is 2.94. The van der Waals surface area contributed by atoms with E-state index in [4.69, 9.17) is 23.2 Å². The minimum Gasteiger partial charge on any atom is -0.220 e. The molecule has 0 aliphatic heterocycles. The molecule has 0 spiro atoms. The Morgan fingerprint density at radius 2 is 1.75 bits per heavy atom. The fourth-order valence-corrected chi connectivity index (χ4v) is 3.71. The van der Waals surface area contributed by atoms with Crippen LogP contribution in [0.5, 0.6) is 0 Å². The standard InChI is InChI=1S/C11H11BrCl2N2/c12-8-9(13)15-11(16-10(8)14)7-4-5-1-2-6(7)3-5/h5-7H,1-4H2. The third-order valence-electron chi connectivity index (χ3n) is 3.86. The van der Waals surface area contributed by atoms with Gasteiger partial charge in [-0.3, -0.25) is 0 Å². The number of hydrogen-bond donors (Lipinski definition) is 0. The van der Waals surface area contributed by atoms with E-state index in [-0.39, 0.29) is 0 Å². The molecule has 0 saturated heterocycles. The van der Waals surface area contributed by atoms with E-state index in [2.05, 4.69) is 25.9 Å². The lowest BCUT2D eigenvalue weighted by atomic mass is 9.88. The Morgan fingerprint density at radius 3 is 2.25 bits per heavy atom. The van der Waals surface area contributed by atoms with Crippen molar-refractivity contribution < 1.29 is 0 Å². The van der Waals surface area contributed by atoms with Gasteiger partial charge in [0, 0.05) is 5.92 Å². The van der Waals surface area contributed by atoms with Crippen molar-refractivity contribution in [1.82, 2.24) is 9.97 Å². The van der Waals surface area contributed by atoms with Gasteiger partial charge in [0.2, 0.25) is 0 Å². The monoisotopic (exact) mass is 320 g/mol. The van der Waals surface area contributed by atoms with Crippen molar-refractivity contribution in [2.75, 3.05) is 0 Å². The highest BCUT2D eigenvalue weighted by atomic mass is 79.9. The summed E-state index contributed by atoms with van der Waals surface area (Å²) in [5, 5.41) is 0.857. The lowest BCUT2D eigenvalue weighted by Gasteiger charge is -2.20. The normalized spacial score (nSPS) is 32.3. The summed E-state index contributed by atoms with van der Waals surface area (Å²) in [6, 6.07) is 0. The van der Waals surface area contributed by atoms with Crippen LogP contribution in [0.2, 0.25) is 10.3 Å². The average Bonchev–Trinajstić information content (AvgIpc) is 2.86. The summed E-state index contributed by atoms with van der Waals surface area (Å²) >= 11 is 15.3. The van der Waals surface area contributed by atoms with Gasteiger partial charge in [-0.15, -0.1) is 0 Å². The van der Waals surface area contributed by atoms with Gasteiger partial charge in [0.25, 0.3) is 0 Å². The average molecular weight is 322 g/mol. The highest BCUT2D eigenvalue weighted by Gasteiger charge is 2.41. The van der Waals surface area contributed by atoms with Crippen LogP contribution in [0.1, 0.15) is 37.4 Å². The molecule has 2 bridgehead atoms. The molecule has 5 heteroatoms. The molecule has 2 saturated carbocycles. The molecule has 2 aliphatic rings. The zero-order valence-electron chi connectivity index (χ0n) is 8.59. The van der Waals surface area contributed by atoms with Gasteiger partial charge in [-0.05, 0) is 47.0 Å². The molecule has 3 atom stereocenters. The topological polar surface area (TPSA) is 25.8 Å². The summed E-state index contributed by atoms with van der Waals surface area (Å²) < 4.78 is 0.600. The van der Waals surface area contributed by atoms with Gasteiger partial charge >= 0.3 is 0 Å². The van der Waals surface area contributed by atoms with Gasteiger partial charge in [0.15, 0.2) is 0 Å². The third kappa shape index (κ3) is 1.77. The SMILES string of the molecule is Clc1nc(C2CC3CCC2C3)nc(Cl)c1Br. The van der Waals surface area contributed by atoms with Crippen LogP contribution in [0.15, 0.2) is 4.47 Å². The second-order valence-electron chi connectivity index (χ2n) is 4.76. The van der Waals surface area contributed by atoms with Crippen molar-refractivity contribution in [3.63, 3.8) is 0 Å². The molecular weight excluding hydrogens is 311 g/mol. The number of fused-ring (bicyclic) bond motifs is 2. The highest BCUT2D eigenvalue weighted by molar-refractivity contribution is 9.10. The molecule has 0 amide bonds. The smallest absolute Gasteiger partial charge is 0.148 e. The van der Waals surface area contributed by atoms with Crippen molar-refractivity contribution in [1.29, 1.82) is 0 Å². The predicted octanol–water partition coefficient (Wildman–Crippen LogP) is 4.45. The Hall–Kier alpha value is 0.140. The lowest BCUT2D eigenvalue weighted by molar-refractivity contribution is 0.405. The quantitative estimate of drug-likeness (QED) is 0.714. The lowest BCUT2D eigenvalue weighted by Crippen LogP contribution is -2.12. The van der Waals surface area contributed by atoms with Crippen molar-refractivity contribution >= 4 is 39.1 Å². The zero-order valence-corrected chi connectivity index (χ0v) is 11.7. The Bertz CT molecular complexity index is 415. The molecule has 2 fully saturated rings. The first-order valence-corrected chi connectivity index (χ1v) is 7.08. The van der Waals surface area contributed by atoms with Crippen molar-refractivity contribution in [2.24, 2.45) is 11.8 Å². The summed E-state index contributed by atoms with van der Waals surface area (Å²) in [6.07, 6.45) is 5.22. The molecule has 86 valence electrons. The Labute approximate surface area is 113 Å². The van der Waals surface area contributed by atoms with Crippen LogP contribution in [0.25, 0.3) is 0 Å². The molecule has 2 aliphatic carbocycles. The first-order chi connectivity index (χ1) is 7.65. The molecule has 0 aromatic carbocycles. The maximum atomic E-state index is 6.02. The van der Waals surface area contributed by atoms with Gasteiger partial charge in [0.05, 0.1) is 4.47 Å². The fourth-order valence-electron chi connectivity index (χ4n) is 3.14. The number of halogens is 3. The van der Waals surface area contributed by atoms with Crippen LogP contribution >= 0.6 is 39.1 Å². The van der Waals surface area contributed by atoms with E-state index >= 15 is 0 Å². The molecule has 0 N–H and O–H groups in total. The molecule has 3 rings (SSSR count). The van der Waals surface area contributed by atoms with E-state index in [1.54, 1.807) is 0 Å². The Kier molecular flexibility index (Phi) is 2.89. The van der Waals surface area contributed by atoms with E-state index < -0.39 is 0 Å². The van der Waals surface area contributed by atoms with Gasteiger partial charge in [-0.25, -0.2) is 9.97 Å². The molecule has 0 radical (unpaired) electrons. The second kappa shape index (κ2) is 4.11. The van der Waals surface area contributed by atoms with Gasteiger partial charge < -0.3 is 0 Å². The molecule has 3 unspecified atom stereocenters.